The first-order chi connectivity index (χ1) is 18.0. The number of carbonyl (C=O) groups is 1. The fourth-order valence-electron chi connectivity index (χ4n) is 5.18. The Morgan fingerprint density at radius 2 is 1.76 bits per heavy atom. The van der Waals surface area contributed by atoms with Crippen LogP contribution in [0.25, 0.3) is 0 Å². The van der Waals surface area contributed by atoms with Crippen molar-refractivity contribution in [3.63, 3.8) is 0 Å². The molecule has 2 aromatic carbocycles. The number of nitriles is 1. The summed E-state index contributed by atoms with van der Waals surface area (Å²) in [6, 6.07) is 9.48. The first-order valence-electron chi connectivity index (χ1n) is 11.7. The molecule has 1 unspecified atom stereocenters. The van der Waals surface area contributed by atoms with Gasteiger partial charge in [0.25, 0.3) is 5.69 Å². The molecule has 1 heterocycles. The molecule has 2 aromatic rings. The highest BCUT2D eigenvalue weighted by Crippen LogP contribution is 2.54. The number of rotatable bonds is 6. The molecule has 0 fully saturated rings. The SMILES string of the molecule is COc1cc(OC)c(C2C(C#N)=C(N)N(c3ccc([N+](=O)[O-])cc3Cl)C3=C2C(=O)CC(C)(C)C3)c(OC)c1. The molecule has 198 valence electrons. The quantitative estimate of drug-likeness (QED) is 0.387. The molecule has 4 rings (SSSR count). The number of nitro groups is 1. The van der Waals surface area contributed by atoms with Crippen molar-refractivity contribution in [3.05, 3.63) is 73.7 Å². The van der Waals surface area contributed by atoms with Gasteiger partial charge in [-0.25, -0.2) is 0 Å². The average molecular weight is 539 g/mol. The number of nitro benzene ring substituents is 1. The van der Waals surface area contributed by atoms with Crippen LogP contribution >= 0.6 is 11.6 Å². The summed E-state index contributed by atoms with van der Waals surface area (Å²) >= 11 is 6.52. The Labute approximate surface area is 225 Å². The van der Waals surface area contributed by atoms with E-state index in [1.165, 1.54) is 39.5 Å². The molecule has 1 aliphatic heterocycles. The minimum Gasteiger partial charge on any atom is -0.496 e. The first kappa shape index (κ1) is 26.8. The molecule has 0 saturated heterocycles. The molecule has 11 heteroatoms. The third-order valence-corrected chi connectivity index (χ3v) is 7.11. The molecule has 0 radical (unpaired) electrons. The van der Waals surface area contributed by atoms with Gasteiger partial charge in [0.2, 0.25) is 0 Å². The second-order valence-electron chi connectivity index (χ2n) is 9.82. The zero-order chi connectivity index (χ0) is 27.9. The smallest absolute Gasteiger partial charge is 0.271 e. The summed E-state index contributed by atoms with van der Waals surface area (Å²) in [6.45, 7) is 3.93. The van der Waals surface area contributed by atoms with Gasteiger partial charge in [-0.2, -0.15) is 5.26 Å². The lowest BCUT2D eigenvalue weighted by Crippen LogP contribution is -2.42. The number of methoxy groups -OCH3 is 3. The topological polar surface area (TPSA) is 141 Å². The summed E-state index contributed by atoms with van der Waals surface area (Å²) in [5.74, 6) is 0.193. The summed E-state index contributed by atoms with van der Waals surface area (Å²) < 4.78 is 16.7. The molecule has 0 spiro atoms. The van der Waals surface area contributed by atoms with E-state index >= 15 is 0 Å². The number of Topliss-reactive ketones (excluding diaryl/α,β-unsaturated/α-hetero) is 1. The molecule has 38 heavy (non-hydrogen) atoms. The lowest BCUT2D eigenvalue weighted by Gasteiger charge is -2.44. The van der Waals surface area contributed by atoms with E-state index in [4.69, 9.17) is 31.5 Å². The number of carbonyl (C=O) groups excluding carboxylic acids is 1. The molecule has 0 amide bonds. The lowest BCUT2D eigenvalue weighted by molar-refractivity contribution is -0.384. The third kappa shape index (κ3) is 4.39. The van der Waals surface area contributed by atoms with Gasteiger partial charge in [0.15, 0.2) is 5.78 Å². The minimum absolute atomic E-state index is 0.0532. The van der Waals surface area contributed by atoms with Gasteiger partial charge in [-0.15, -0.1) is 0 Å². The number of benzene rings is 2. The molecular weight excluding hydrogens is 512 g/mol. The van der Waals surface area contributed by atoms with Crippen LogP contribution in [0.5, 0.6) is 17.2 Å². The van der Waals surface area contributed by atoms with Gasteiger partial charge in [-0.3, -0.25) is 19.8 Å². The van der Waals surface area contributed by atoms with Crippen molar-refractivity contribution in [2.24, 2.45) is 11.1 Å². The molecule has 0 saturated carbocycles. The molecule has 0 bridgehead atoms. The van der Waals surface area contributed by atoms with Crippen LogP contribution in [0, 0.1) is 26.9 Å². The van der Waals surface area contributed by atoms with Gasteiger partial charge < -0.3 is 19.9 Å². The second kappa shape index (κ2) is 9.91. The van der Waals surface area contributed by atoms with Crippen molar-refractivity contribution < 1.29 is 23.9 Å². The molecule has 0 aromatic heterocycles. The number of halogens is 1. The van der Waals surface area contributed by atoms with Crippen LogP contribution < -0.4 is 24.8 Å². The Morgan fingerprint density at radius 1 is 1.13 bits per heavy atom. The zero-order valence-electron chi connectivity index (χ0n) is 21.6. The number of ketones is 1. The van der Waals surface area contributed by atoms with Gasteiger partial charge in [-0.1, -0.05) is 25.4 Å². The Morgan fingerprint density at radius 3 is 2.26 bits per heavy atom. The van der Waals surface area contributed by atoms with Gasteiger partial charge in [-0.05, 0) is 17.9 Å². The largest absolute Gasteiger partial charge is 0.496 e. The Bertz CT molecular complexity index is 1430. The number of ether oxygens (including phenoxy) is 3. The van der Waals surface area contributed by atoms with Crippen LogP contribution in [-0.2, 0) is 4.79 Å². The van der Waals surface area contributed by atoms with E-state index in [1.54, 1.807) is 17.0 Å². The minimum atomic E-state index is -0.887. The van der Waals surface area contributed by atoms with E-state index < -0.39 is 16.3 Å². The van der Waals surface area contributed by atoms with Crippen molar-refractivity contribution in [2.45, 2.75) is 32.6 Å². The second-order valence-corrected chi connectivity index (χ2v) is 10.2. The first-order valence-corrected chi connectivity index (χ1v) is 12.1. The molecule has 1 aliphatic carbocycles. The maximum atomic E-state index is 13.8. The number of anilines is 1. The van der Waals surface area contributed by atoms with Crippen molar-refractivity contribution in [1.82, 2.24) is 0 Å². The molecule has 2 N–H and O–H groups in total. The van der Waals surface area contributed by atoms with Crippen LogP contribution in [0.15, 0.2) is 53.0 Å². The van der Waals surface area contributed by atoms with Crippen molar-refractivity contribution >= 4 is 28.8 Å². The number of non-ortho nitro benzene ring substituents is 1. The van der Waals surface area contributed by atoms with Crippen LogP contribution in [0.4, 0.5) is 11.4 Å². The number of allylic oxidation sites excluding steroid dienone is 3. The summed E-state index contributed by atoms with van der Waals surface area (Å²) in [5.41, 5.74) is 7.86. The van der Waals surface area contributed by atoms with Gasteiger partial charge in [0.05, 0.1) is 54.5 Å². The predicted octanol–water partition coefficient (Wildman–Crippen LogP) is 5.21. The number of hydrogen-bond donors (Lipinski definition) is 1. The van der Waals surface area contributed by atoms with E-state index in [0.29, 0.717) is 46.2 Å². The normalized spacial score (nSPS) is 18.6. The van der Waals surface area contributed by atoms with Crippen molar-refractivity contribution in [2.75, 3.05) is 26.2 Å². The predicted molar refractivity (Wildman–Crippen MR) is 141 cm³/mol. The fraction of sp³-hybridized carbons (Fsp3) is 0.333. The van der Waals surface area contributed by atoms with Crippen molar-refractivity contribution in [1.29, 1.82) is 5.26 Å². The van der Waals surface area contributed by atoms with Gasteiger partial charge in [0.1, 0.15) is 23.1 Å². The highest BCUT2D eigenvalue weighted by molar-refractivity contribution is 6.33. The van der Waals surface area contributed by atoms with E-state index in [2.05, 4.69) is 6.07 Å². The summed E-state index contributed by atoms with van der Waals surface area (Å²) in [6.07, 6.45) is 0.668. The summed E-state index contributed by atoms with van der Waals surface area (Å²) in [5, 5.41) is 21.7. The van der Waals surface area contributed by atoms with E-state index in [0.717, 1.165) is 0 Å². The van der Waals surface area contributed by atoms with Gasteiger partial charge in [0, 0.05) is 47.5 Å². The third-order valence-electron chi connectivity index (χ3n) is 6.81. The zero-order valence-corrected chi connectivity index (χ0v) is 22.4. The van der Waals surface area contributed by atoms with Crippen LogP contribution in [0.3, 0.4) is 0 Å². The number of hydrogen-bond acceptors (Lipinski definition) is 9. The van der Waals surface area contributed by atoms with Crippen LogP contribution in [0.2, 0.25) is 5.02 Å². The average Bonchev–Trinajstić information content (AvgIpc) is 2.86. The Kier molecular flexibility index (Phi) is 7.00. The molecular formula is C27H27ClN4O6. The molecule has 2 aliphatic rings. The van der Waals surface area contributed by atoms with E-state index in [9.17, 15) is 20.2 Å². The van der Waals surface area contributed by atoms with Gasteiger partial charge >= 0.3 is 0 Å². The molecule has 10 nitrogen and oxygen atoms in total. The fourth-order valence-corrected chi connectivity index (χ4v) is 5.44. The highest BCUT2D eigenvalue weighted by atomic mass is 35.5. The maximum absolute atomic E-state index is 13.8. The van der Waals surface area contributed by atoms with E-state index in [1.807, 2.05) is 13.8 Å². The summed E-state index contributed by atoms with van der Waals surface area (Å²) in [4.78, 5) is 26.1. The maximum Gasteiger partial charge on any atom is 0.271 e. The van der Waals surface area contributed by atoms with E-state index in [-0.39, 0.29) is 34.3 Å². The molecule has 1 atom stereocenters. The number of nitrogens with zero attached hydrogens (tertiary/aromatic N) is 3. The monoisotopic (exact) mass is 538 g/mol. The standard InChI is InChI=1S/C27H27ClN4O6/c1-27(2)11-19-24(20(33)12-27)23(25-21(37-4)9-15(36-3)10-22(25)38-5)16(13-29)26(30)31(19)18-7-6-14(32(34)35)8-17(18)28/h6-10,23H,11-12,30H2,1-5H3. The van der Waals surface area contributed by atoms with Crippen LogP contribution in [0.1, 0.15) is 38.2 Å². The van der Waals surface area contributed by atoms with Crippen LogP contribution in [-0.4, -0.2) is 32.0 Å². The number of nitrogens with two attached hydrogens (primary N) is 1. The summed E-state index contributed by atoms with van der Waals surface area (Å²) in [7, 11) is 4.46. The Balaban J connectivity index is 2.07. The lowest BCUT2D eigenvalue weighted by atomic mass is 9.68. The highest BCUT2D eigenvalue weighted by Gasteiger charge is 2.46. The van der Waals surface area contributed by atoms with Crippen molar-refractivity contribution in [3.8, 4) is 23.3 Å². The Hall–Kier alpha value is -4.23.